The summed E-state index contributed by atoms with van der Waals surface area (Å²) in [6.07, 6.45) is 0. The normalized spacial score (nSPS) is 10.3. The van der Waals surface area contributed by atoms with Gasteiger partial charge in [-0.15, -0.1) is 0 Å². The maximum atomic E-state index is 13.3. The van der Waals surface area contributed by atoms with Gasteiger partial charge in [-0.2, -0.15) is 0 Å². The smallest absolute Gasteiger partial charge is 0.257 e. The molecule has 0 spiro atoms. The van der Waals surface area contributed by atoms with Crippen LogP contribution in [-0.4, -0.2) is 10.9 Å². The predicted octanol–water partition coefficient (Wildman–Crippen LogP) is 3.02. The molecule has 0 unspecified atom stereocenters. The largest absolute Gasteiger partial charge is 0.362 e. The van der Waals surface area contributed by atoms with Crippen LogP contribution in [-0.2, 0) is 0 Å². The Morgan fingerprint density at radius 2 is 2.00 bits per heavy atom. The van der Waals surface area contributed by atoms with Gasteiger partial charge in [0.1, 0.15) is 5.82 Å². The second-order valence-corrected chi connectivity index (χ2v) is 3.92. The third-order valence-corrected chi connectivity index (χ3v) is 2.52. The molecular weight excluding hydrogens is 219 g/mol. The van der Waals surface area contributed by atoms with Crippen LogP contribution in [0.2, 0.25) is 0 Å². The Balaban J connectivity index is 2.23. The van der Waals surface area contributed by atoms with Crippen molar-refractivity contribution < 1.29 is 9.18 Å². The molecule has 88 valence electrons. The van der Waals surface area contributed by atoms with Crippen LogP contribution in [0.1, 0.15) is 21.7 Å². The number of hydrogen-bond acceptors (Lipinski definition) is 1. The molecule has 1 heterocycles. The zero-order chi connectivity index (χ0) is 12.4. The van der Waals surface area contributed by atoms with Crippen molar-refractivity contribution in [2.24, 2.45) is 0 Å². The van der Waals surface area contributed by atoms with Crippen LogP contribution >= 0.6 is 0 Å². The Morgan fingerprint density at radius 3 is 2.59 bits per heavy atom. The van der Waals surface area contributed by atoms with Crippen molar-refractivity contribution in [2.45, 2.75) is 13.8 Å². The molecule has 0 fully saturated rings. The third kappa shape index (κ3) is 2.36. The minimum absolute atomic E-state index is 0.191. The van der Waals surface area contributed by atoms with Gasteiger partial charge in [0.25, 0.3) is 5.91 Å². The zero-order valence-electron chi connectivity index (χ0n) is 9.67. The first kappa shape index (κ1) is 11.4. The van der Waals surface area contributed by atoms with Gasteiger partial charge in [0.15, 0.2) is 0 Å². The fourth-order valence-corrected chi connectivity index (χ4v) is 1.71. The van der Waals surface area contributed by atoms with Gasteiger partial charge in [0.05, 0.1) is 11.3 Å². The van der Waals surface area contributed by atoms with Crippen molar-refractivity contribution >= 4 is 11.6 Å². The lowest BCUT2D eigenvalue weighted by atomic mass is 10.2. The number of carbonyl (C=O) groups is 1. The molecular formula is C13H13FN2O. The van der Waals surface area contributed by atoms with Crippen molar-refractivity contribution in [1.29, 1.82) is 0 Å². The Kier molecular flexibility index (Phi) is 2.95. The molecule has 0 saturated carbocycles. The summed E-state index contributed by atoms with van der Waals surface area (Å²) < 4.78 is 13.3. The van der Waals surface area contributed by atoms with Gasteiger partial charge in [0, 0.05) is 11.4 Å². The summed E-state index contributed by atoms with van der Waals surface area (Å²) in [5, 5.41) is 2.55. The van der Waals surface area contributed by atoms with Gasteiger partial charge in [-0.05, 0) is 32.0 Å². The molecule has 17 heavy (non-hydrogen) atoms. The summed E-state index contributed by atoms with van der Waals surface area (Å²) in [5.74, 6) is -0.747. The molecule has 1 aromatic carbocycles. The Morgan fingerprint density at radius 1 is 1.29 bits per heavy atom. The molecule has 2 rings (SSSR count). The van der Waals surface area contributed by atoms with Gasteiger partial charge >= 0.3 is 0 Å². The fraction of sp³-hybridized carbons (Fsp3) is 0.154. The first-order valence-electron chi connectivity index (χ1n) is 5.30. The molecule has 0 radical (unpaired) electrons. The second kappa shape index (κ2) is 4.41. The van der Waals surface area contributed by atoms with E-state index in [9.17, 15) is 9.18 Å². The molecule has 4 heteroatoms. The Labute approximate surface area is 98.7 Å². The predicted molar refractivity (Wildman–Crippen MR) is 64.6 cm³/mol. The van der Waals surface area contributed by atoms with E-state index in [0.29, 0.717) is 5.56 Å². The average Bonchev–Trinajstić information content (AvgIpc) is 2.61. The number of aryl methyl sites for hydroxylation is 2. The van der Waals surface area contributed by atoms with Gasteiger partial charge in [-0.1, -0.05) is 12.1 Å². The van der Waals surface area contributed by atoms with Crippen LogP contribution in [0.4, 0.5) is 10.1 Å². The lowest BCUT2D eigenvalue weighted by Gasteiger charge is -2.05. The van der Waals surface area contributed by atoms with E-state index >= 15 is 0 Å². The highest BCUT2D eigenvalue weighted by molar-refractivity contribution is 6.05. The van der Waals surface area contributed by atoms with Gasteiger partial charge in [0.2, 0.25) is 0 Å². The molecule has 0 aliphatic rings. The summed E-state index contributed by atoms with van der Waals surface area (Å²) in [6.45, 7) is 3.68. The number of aromatic nitrogens is 1. The summed E-state index contributed by atoms with van der Waals surface area (Å²) in [5.41, 5.74) is 2.40. The SMILES string of the molecule is Cc1cc(C(=O)Nc2ccccc2F)c(C)[nH]1. The molecule has 1 aromatic heterocycles. The number of anilines is 1. The van der Waals surface area contributed by atoms with Crippen molar-refractivity contribution in [2.75, 3.05) is 5.32 Å². The number of carbonyl (C=O) groups excluding carboxylic acids is 1. The Bertz CT molecular complexity index is 560. The van der Waals surface area contributed by atoms with Crippen LogP contribution in [0.3, 0.4) is 0 Å². The van der Waals surface area contributed by atoms with Gasteiger partial charge in [-0.3, -0.25) is 4.79 Å². The van der Waals surface area contributed by atoms with E-state index in [1.807, 2.05) is 13.8 Å². The number of H-pyrrole nitrogens is 1. The summed E-state index contributed by atoms with van der Waals surface area (Å²) in [4.78, 5) is 14.9. The van der Waals surface area contributed by atoms with Crippen molar-refractivity contribution in [3.8, 4) is 0 Å². The Hall–Kier alpha value is -2.10. The number of rotatable bonds is 2. The quantitative estimate of drug-likeness (QED) is 0.821. The molecule has 3 nitrogen and oxygen atoms in total. The van der Waals surface area contributed by atoms with Crippen molar-refractivity contribution in [3.05, 3.63) is 53.1 Å². The third-order valence-electron chi connectivity index (χ3n) is 2.52. The number of amides is 1. The number of benzene rings is 1. The maximum Gasteiger partial charge on any atom is 0.257 e. The molecule has 0 saturated heterocycles. The first-order valence-corrected chi connectivity index (χ1v) is 5.30. The number of para-hydroxylation sites is 1. The van der Waals surface area contributed by atoms with Crippen molar-refractivity contribution in [1.82, 2.24) is 4.98 Å². The van der Waals surface area contributed by atoms with E-state index in [-0.39, 0.29) is 11.6 Å². The number of hydrogen-bond donors (Lipinski definition) is 2. The highest BCUT2D eigenvalue weighted by Gasteiger charge is 2.12. The van der Waals surface area contributed by atoms with E-state index < -0.39 is 5.82 Å². The van der Waals surface area contributed by atoms with E-state index in [4.69, 9.17) is 0 Å². The molecule has 0 aliphatic heterocycles. The summed E-state index contributed by atoms with van der Waals surface area (Å²) in [6, 6.07) is 7.84. The van der Waals surface area contributed by atoms with Crippen LogP contribution in [0.15, 0.2) is 30.3 Å². The van der Waals surface area contributed by atoms with Crippen LogP contribution in [0.5, 0.6) is 0 Å². The molecule has 0 atom stereocenters. The zero-order valence-corrected chi connectivity index (χ0v) is 9.67. The van der Waals surface area contributed by atoms with Crippen LogP contribution in [0, 0.1) is 19.7 Å². The number of halogens is 1. The first-order chi connectivity index (χ1) is 8.08. The lowest BCUT2D eigenvalue weighted by molar-refractivity contribution is 0.102. The van der Waals surface area contributed by atoms with Crippen molar-refractivity contribution in [3.63, 3.8) is 0 Å². The summed E-state index contributed by atoms with van der Waals surface area (Å²) >= 11 is 0. The minimum atomic E-state index is -0.439. The molecule has 0 aliphatic carbocycles. The maximum absolute atomic E-state index is 13.3. The van der Waals surface area contributed by atoms with E-state index in [0.717, 1.165) is 11.4 Å². The van der Waals surface area contributed by atoms with Gasteiger partial charge in [-0.25, -0.2) is 4.39 Å². The second-order valence-electron chi connectivity index (χ2n) is 3.92. The number of aromatic amines is 1. The average molecular weight is 232 g/mol. The lowest BCUT2D eigenvalue weighted by Crippen LogP contribution is -2.13. The van der Waals surface area contributed by atoms with E-state index in [1.54, 1.807) is 18.2 Å². The highest BCUT2D eigenvalue weighted by atomic mass is 19.1. The monoisotopic (exact) mass is 232 g/mol. The standard InChI is InChI=1S/C13H13FN2O/c1-8-7-10(9(2)15-8)13(17)16-12-6-4-3-5-11(12)14/h3-7,15H,1-2H3,(H,16,17). The molecule has 0 bridgehead atoms. The minimum Gasteiger partial charge on any atom is -0.362 e. The number of nitrogens with one attached hydrogen (secondary N) is 2. The van der Waals surface area contributed by atoms with Crippen LogP contribution < -0.4 is 5.32 Å². The highest BCUT2D eigenvalue weighted by Crippen LogP contribution is 2.16. The van der Waals surface area contributed by atoms with Crippen LogP contribution in [0.25, 0.3) is 0 Å². The van der Waals surface area contributed by atoms with E-state index in [1.165, 1.54) is 12.1 Å². The summed E-state index contributed by atoms with van der Waals surface area (Å²) in [7, 11) is 0. The molecule has 2 N–H and O–H groups in total. The van der Waals surface area contributed by atoms with Gasteiger partial charge < -0.3 is 10.3 Å². The molecule has 1 amide bonds. The fourth-order valence-electron chi connectivity index (χ4n) is 1.71. The van der Waals surface area contributed by atoms with E-state index in [2.05, 4.69) is 10.3 Å². The topological polar surface area (TPSA) is 44.9 Å². The molecule has 2 aromatic rings.